The van der Waals surface area contributed by atoms with Crippen molar-refractivity contribution in [3.05, 3.63) is 29.6 Å². The fourth-order valence-electron chi connectivity index (χ4n) is 1.81. The molecule has 0 aliphatic heterocycles. The van der Waals surface area contributed by atoms with Crippen LogP contribution in [0.3, 0.4) is 0 Å². The molecule has 0 spiro atoms. The molecular formula is C12H13FN4O2. The second kappa shape index (κ2) is 5.13. The van der Waals surface area contributed by atoms with Crippen LogP contribution in [0.5, 0.6) is 0 Å². The predicted octanol–water partition coefficient (Wildman–Crippen LogP) is 1.82. The second-order valence-corrected chi connectivity index (χ2v) is 4.38. The minimum atomic E-state index is -0.960. The van der Waals surface area contributed by atoms with Gasteiger partial charge >= 0.3 is 5.97 Å². The van der Waals surface area contributed by atoms with Gasteiger partial charge in [-0.1, -0.05) is 6.07 Å². The Bertz CT molecular complexity index is 612. The number of nitrogens with zero attached hydrogens (tertiary/aromatic N) is 4. The van der Waals surface area contributed by atoms with Crippen molar-refractivity contribution in [1.29, 1.82) is 0 Å². The Morgan fingerprint density at radius 1 is 1.53 bits per heavy atom. The van der Waals surface area contributed by atoms with Crippen LogP contribution in [0.2, 0.25) is 0 Å². The van der Waals surface area contributed by atoms with Gasteiger partial charge in [-0.05, 0) is 42.0 Å². The third-order valence-electron chi connectivity index (χ3n) is 2.75. The summed E-state index contributed by atoms with van der Waals surface area (Å²) in [5.74, 6) is -1.16. The van der Waals surface area contributed by atoms with E-state index >= 15 is 0 Å². The van der Waals surface area contributed by atoms with Crippen LogP contribution >= 0.6 is 0 Å². The number of carboxylic acids is 1. The summed E-state index contributed by atoms with van der Waals surface area (Å²) in [5, 5.41) is 19.8. The highest BCUT2D eigenvalue weighted by Gasteiger charge is 2.19. The van der Waals surface area contributed by atoms with Gasteiger partial charge in [0.05, 0.1) is 18.0 Å². The molecule has 100 valence electrons. The summed E-state index contributed by atoms with van der Waals surface area (Å²) in [6.45, 7) is 3.45. The van der Waals surface area contributed by atoms with Crippen molar-refractivity contribution >= 4 is 5.97 Å². The number of hydrogen-bond donors (Lipinski definition) is 1. The molecule has 0 bridgehead atoms. The molecule has 1 heterocycles. The molecule has 7 heteroatoms. The van der Waals surface area contributed by atoms with Crippen molar-refractivity contribution < 1.29 is 14.3 Å². The SMILES string of the molecule is Cc1ccc(-c2nnnn2C(C)CC(=O)O)c(F)c1. The molecule has 2 aromatic rings. The topological polar surface area (TPSA) is 80.9 Å². The van der Waals surface area contributed by atoms with Gasteiger partial charge in [-0.15, -0.1) is 5.10 Å². The first-order valence-electron chi connectivity index (χ1n) is 5.75. The molecule has 0 amide bonds. The van der Waals surface area contributed by atoms with Gasteiger partial charge < -0.3 is 5.11 Å². The van der Waals surface area contributed by atoms with E-state index in [9.17, 15) is 9.18 Å². The molecule has 1 atom stereocenters. The number of aliphatic carboxylic acids is 1. The van der Waals surface area contributed by atoms with Gasteiger partial charge in [-0.25, -0.2) is 9.07 Å². The number of benzene rings is 1. The van der Waals surface area contributed by atoms with Gasteiger partial charge in [0.1, 0.15) is 5.82 Å². The Morgan fingerprint density at radius 3 is 2.89 bits per heavy atom. The van der Waals surface area contributed by atoms with Crippen molar-refractivity contribution in [2.24, 2.45) is 0 Å². The highest BCUT2D eigenvalue weighted by molar-refractivity contribution is 5.67. The summed E-state index contributed by atoms with van der Waals surface area (Å²) in [7, 11) is 0. The van der Waals surface area contributed by atoms with Crippen LogP contribution in [0, 0.1) is 12.7 Å². The third kappa shape index (κ3) is 2.75. The average Bonchev–Trinajstić information content (AvgIpc) is 2.76. The Morgan fingerprint density at radius 2 is 2.26 bits per heavy atom. The molecule has 2 rings (SSSR count). The van der Waals surface area contributed by atoms with Crippen molar-refractivity contribution in [3.63, 3.8) is 0 Å². The Labute approximate surface area is 108 Å². The van der Waals surface area contributed by atoms with E-state index in [-0.39, 0.29) is 17.8 Å². The zero-order valence-corrected chi connectivity index (χ0v) is 10.5. The normalized spacial score (nSPS) is 12.4. The highest BCUT2D eigenvalue weighted by Crippen LogP contribution is 2.24. The average molecular weight is 264 g/mol. The minimum Gasteiger partial charge on any atom is -0.481 e. The molecule has 0 saturated heterocycles. The van der Waals surface area contributed by atoms with Crippen LogP contribution < -0.4 is 0 Å². The van der Waals surface area contributed by atoms with Crippen molar-refractivity contribution in [1.82, 2.24) is 20.2 Å². The zero-order chi connectivity index (χ0) is 14.0. The van der Waals surface area contributed by atoms with E-state index in [1.165, 1.54) is 10.7 Å². The summed E-state index contributed by atoms with van der Waals surface area (Å²) in [6, 6.07) is 4.26. The van der Waals surface area contributed by atoms with Crippen LogP contribution in [0.4, 0.5) is 4.39 Å². The van der Waals surface area contributed by atoms with Crippen molar-refractivity contribution in [3.8, 4) is 11.4 Å². The summed E-state index contributed by atoms with van der Waals surface area (Å²) >= 11 is 0. The quantitative estimate of drug-likeness (QED) is 0.911. The summed E-state index contributed by atoms with van der Waals surface area (Å²) in [4.78, 5) is 10.7. The van der Waals surface area contributed by atoms with Crippen LogP contribution in [0.25, 0.3) is 11.4 Å². The number of halogens is 1. The maximum absolute atomic E-state index is 13.9. The Hall–Kier alpha value is -2.31. The maximum Gasteiger partial charge on any atom is 0.305 e. The first-order chi connectivity index (χ1) is 8.99. The predicted molar refractivity (Wildman–Crippen MR) is 64.9 cm³/mol. The maximum atomic E-state index is 13.9. The smallest absolute Gasteiger partial charge is 0.305 e. The monoisotopic (exact) mass is 264 g/mol. The van der Waals surface area contributed by atoms with Crippen LogP contribution in [-0.4, -0.2) is 31.3 Å². The minimum absolute atomic E-state index is 0.133. The first-order valence-corrected chi connectivity index (χ1v) is 5.75. The molecule has 1 aromatic heterocycles. The fourth-order valence-corrected chi connectivity index (χ4v) is 1.81. The summed E-state index contributed by atoms with van der Waals surface area (Å²) in [5.41, 5.74) is 1.05. The van der Waals surface area contributed by atoms with Crippen molar-refractivity contribution in [2.75, 3.05) is 0 Å². The number of aromatic nitrogens is 4. The number of carbonyl (C=O) groups is 1. The lowest BCUT2D eigenvalue weighted by Gasteiger charge is -2.11. The standard InChI is InChI=1S/C12H13FN4O2/c1-7-3-4-9(10(13)5-7)12-14-15-16-17(12)8(2)6-11(18)19/h3-5,8H,6H2,1-2H3,(H,18,19). The van der Waals surface area contributed by atoms with Gasteiger partial charge in [-0.2, -0.15) is 0 Å². The van der Waals surface area contributed by atoms with Gasteiger partial charge in [0.2, 0.25) is 0 Å². The van der Waals surface area contributed by atoms with Gasteiger partial charge in [-0.3, -0.25) is 4.79 Å². The number of carboxylic acid groups (broad SMARTS) is 1. The van der Waals surface area contributed by atoms with Crippen LogP contribution in [-0.2, 0) is 4.79 Å². The number of hydrogen-bond acceptors (Lipinski definition) is 4. The van der Waals surface area contributed by atoms with E-state index in [4.69, 9.17) is 5.11 Å². The number of rotatable bonds is 4. The molecule has 0 fully saturated rings. The van der Waals surface area contributed by atoms with E-state index < -0.39 is 17.8 Å². The van der Waals surface area contributed by atoms with Gasteiger partial charge in [0.25, 0.3) is 0 Å². The number of aryl methyl sites for hydroxylation is 1. The highest BCUT2D eigenvalue weighted by atomic mass is 19.1. The zero-order valence-electron chi connectivity index (χ0n) is 10.5. The molecular weight excluding hydrogens is 251 g/mol. The first kappa shape index (κ1) is 13.1. The van der Waals surface area contributed by atoms with E-state index in [0.29, 0.717) is 0 Å². The van der Waals surface area contributed by atoms with E-state index in [1.54, 1.807) is 26.0 Å². The molecule has 1 aromatic carbocycles. The molecule has 0 aliphatic carbocycles. The van der Waals surface area contributed by atoms with Crippen LogP contribution in [0.15, 0.2) is 18.2 Å². The van der Waals surface area contributed by atoms with Gasteiger partial charge in [0.15, 0.2) is 5.82 Å². The second-order valence-electron chi connectivity index (χ2n) is 4.38. The lowest BCUT2D eigenvalue weighted by molar-refractivity contribution is -0.137. The molecule has 1 unspecified atom stereocenters. The molecule has 0 aliphatic rings. The Kier molecular flexibility index (Phi) is 3.55. The van der Waals surface area contributed by atoms with E-state index in [2.05, 4.69) is 15.5 Å². The molecule has 6 nitrogen and oxygen atoms in total. The molecule has 19 heavy (non-hydrogen) atoms. The fraction of sp³-hybridized carbons (Fsp3) is 0.333. The summed E-state index contributed by atoms with van der Waals surface area (Å²) < 4.78 is 15.2. The third-order valence-corrected chi connectivity index (χ3v) is 2.75. The Balaban J connectivity index is 2.41. The molecule has 1 N–H and O–H groups in total. The van der Waals surface area contributed by atoms with E-state index in [0.717, 1.165) is 5.56 Å². The largest absolute Gasteiger partial charge is 0.481 e. The molecule has 0 saturated carbocycles. The van der Waals surface area contributed by atoms with Crippen LogP contribution in [0.1, 0.15) is 24.9 Å². The lowest BCUT2D eigenvalue weighted by atomic mass is 10.1. The number of tetrazole rings is 1. The summed E-state index contributed by atoms with van der Waals surface area (Å²) in [6.07, 6.45) is -0.133. The molecule has 0 radical (unpaired) electrons. The van der Waals surface area contributed by atoms with E-state index in [1.807, 2.05) is 0 Å². The van der Waals surface area contributed by atoms with Gasteiger partial charge in [0, 0.05) is 0 Å². The lowest BCUT2D eigenvalue weighted by Crippen LogP contribution is -2.13. The van der Waals surface area contributed by atoms with Crippen molar-refractivity contribution in [2.45, 2.75) is 26.3 Å².